The van der Waals surface area contributed by atoms with Crippen molar-refractivity contribution >= 4 is 5.91 Å². The molecule has 0 fully saturated rings. The first-order valence-electron chi connectivity index (χ1n) is 3.71. The van der Waals surface area contributed by atoms with E-state index in [-0.39, 0.29) is 5.91 Å². The van der Waals surface area contributed by atoms with Gasteiger partial charge in [0.2, 0.25) is 0 Å². The SMILES string of the molecule is Cn1ccc2c1CCNC2=O. The second-order valence-electron chi connectivity index (χ2n) is 2.79. The fourth-order valence-corrected chi connectivity index (χ4v) is 1.47. The van der Waals surface area contributed by atoms with Crippen LogP contribution in [0.25, 0.3) is 0 Å². The van der Waals surface area contributed by atoms with Crippen LogP contribution in [-0.4, -0.2) is 17.0 Å². The van der Waals surface area contributed by atoms with Crippen LogP contribution in [0.15, 0.2) is 12.3 Å². The number of aromatic nitrogens is 1. The largest absolute Gasteiger partial charge is 0.354 e. The highest BCUT2D eigenvalue weighted by Gasteiger charge is 2.18. The van der Waals surface area contributed by atoms with Gasteiger partial charge in [0.25, 0.3) is 5.91 Å². The first-order chi connectivity index (χ1) is 5.29. The van der Waals surface area contributed by atoms with Crippen molar-refractivity contribution in [1.82, 2.24) is 9.88 Å². The van der Waals surface area contributed by atoms with Crippen LogP contribution < -0.4 is 5.32 Å². The quantitative estimate of drug-likeness (QED) is 0.567. The third-order valence-electron chi connectivity index (χ3n) is 2.09. The van der Waals surface area contributed by atoms with Crippen molar-refractivity contribution in [2.24, 2.45) is 7.05 Å². The van der Waals surface area contributed by atoms with Crippen LogP contribution in [0.3, 0.4) is 0 Å². The molecule has 3 nitrogen and oxygen atoms in total. The second-order valence-corrected chi connectivity index (χ2v) is 2.79. The van der Waals surface area contributed by atoms with Gasteiger partial charge >= 0.3 is 0 Å². The van der Waals surface area contributed by atoms with E-state index in [1.165, 1.54) is 0 Å². The highest BCUT2D eigenvalue weighted by atomic mass is 16.1. The monoisotopic (exact) mass is 150 g/mol. The lowest BCUT2D eigenvalue weighted by Crippen LogP contribution is -2.31. The minimum absolute atomic E-state index is 0.0619. The van der Waals surface area contributed by atoms with Crippen molar-refractivity contribution in [3.8, 4) is 0 Å². The number of rotatable bonds is 0. The van der Waals surface area contributed by atoms with Gasteiger partial charge in [-0.15, -0.1) is 0 Å². The van der Waals surface area contributed by atoms with E-state index in [0.29, 0.717) is 0 Å². The van der Waals surface area contributed by atoms with E-state index >= 15 is 0 Å². The summed E-state index contributed by atoms with van der Waals surface area (Å²) >= 11 is 0. The molecule has 0 atom stereocenters. The Morgan fingerprint density at radius 2 is 2.45 bits per heavy atom. The maximum absolute atomic E-state index is 11.2. The van der Waals surface area contributed by atoms with Gasteiger partial charge in [-0.2, -0.15) is 0 Å². The normalized spacial score (nSPS) is 15.9. The van der Waals surface area contributed by atoms with Gasteiger partial charge in [-0.05, 0) is 6.07 Å². The molecule has 1 aromatic rings. The molecule has 3 heteroatoms. The van der Waals surface area contributed by atoms with Gasteiger partial charge in [-0.1, -0.05) is 0 Å². The summed E-state index contributed by atoms with van der Waals surface area (Å²) in [5.74, 6) is 0.0619. The Kier molecular flexibility index (Phi) is 1.24. The molecule has 0 aromatic carbocycles. The van der Waals surface area contributed by atoms with E-state index in [0.717, 1.165) is 24.2 Å². The standard InChI is InChI=1S/C8H10N2O/c1-10-5-3-6-7(10)2-4-9-8(6)11/h3,5H,2,4H2,1H3,(H,9,11). The van der Waals surface area contributed by atoms with Crippen LogP contribution in [0, 0.1) is 0 Å². The number of amides is 1. The van der Waals surface area contributed by atoms with E-state index in [1.807, 2.05) is 23.9 Å². The molecule has 1 aliphatic heterocycles. The average Bonchev–Trinajstić information content (AvgIpc) is 2.35. The lowest BCUT2D eigenvalue weighted by molar-refractivity contribution is 0.0945. The van der Waals surface area contributed by atoms with Crippen LogP contribution in [-0.2, 0) is 13.5 Å². The van der Waals surface area contributed by atoms with E-state index in [1.54, 1.807) is 0 Å². The Labute approximate surface area is 65.0 Å². The third-order valence-corrected chi connectivity index (χ3v) is 2.09. The molecular weight excluding hydrogens is 140 g/mol. The molecule has 1 aliphatic rings. The van der Waals surface area contributed by atoms with Crippen molar-refractivity contribution < 1.29 is 4.79 Å². The maximum atomic E-state index is 11.2. The van der Waals surface area contributed by atoms with Gasteiger partial charge in [-0.25, -0.2) is 0 Å². The molecule has 1 aromatic heterocycles. The molecule has 0 unspecified atom stereocenters. The zero-order chi connectivity index (χ0) is 7.84. The lowest BCUT2D eigenvalue weighted by Gasteiger charge is -2.13. The number of carbonyl (C=O) groups excluding carboxylic acids is 1. The Balaban J connectivity index is 2.55. The van der Waals surface area contributed by atoms with Gasteiger partial charge < -0.3 is 9.88 Å². The van der Waals surface area contributed by atoms with Crippen molar-refractivity contribution in [3.63, 3.8) is 0 Å². The van der Waals surface area contributed by atoms with Gasteiger partial charge in [0.05, 0.1) is 5.56 Å². The van der Waals surface area contributed by atoms with Crippen molar-refractivity contribution in [2.75, 3.05) is 6.54 Å². The molecule has 2 rings (SSSR count). The van der Waals surface area contributed by atoms with Crippen LogP contribution in [0.5, 0.6) is 0 Å². The number of aryl methyl sites for hydroxylation is 1. The van der Waals surface area contributed by atoms with Crippen molar-refractivity contribution in [1.29, 1.82) is 0 Å². The number of nitrogens with one attached hydrogen (secondary N) is 1. The zero-order valence-electron chi connectivity index (χ0n) is 6.42. The average molecular weight is 150 g/mol. The Bertz CT molecular complexity index is 301. The molecule has 0 radical (unpaired) electrons. The number of hydrogen-bond acceptors (Lipinski definition) is 1. The predicted octanol–water partition coefficient (Wildman–Crippen LogP) is 0.311. The molecule has 2 heterocycles. The molecule has 0 aliphatic carbocycles. The fraction of sp³-hybridized carbons (Fsp3) is 0.375. The summed E-state index contributed by atoms with van der Waals surface area (Å²) in [6, 6.07) is 1.86. The van der Waals surface area contributed by atoms with E-state index < -0.39 is 0 Å². The minimum atomic E-state index is 0.0619. The topological polar surface area (TPSA) is 34.0 Å². The predicted molar refractivity (Wildman–Crippen MR) is 41.5 cm³/mol. The lowest BCUT2D eigenvalue weighted by atomic mass is 10.1. The molecule has 58 valence electrons. The molecule has 0 spiro atoms. The minimum Gasteiger partial charge on any atom is -0.354 e. The Morgan fingerprint density at radius 3 is 3.18 bits per heavy atom. The van der Waals surface area contributed by atoms with Gasteiger partial charge in [0.15, 0.2) is 0 Å². The van der Waals surface area contributed by atoms with Crippen molar-refractivity contribution in [3.05, 3.63) is 23.5 Å². The van der Waals surface area contributed by atoms with Gasteiger partial charge in [-0.3, -0.25) is 4.79 Å². The molecule has 11 heavy (non-hydrogen) atoms. The summed E-state index contributed by atoms with van der Waals surface area (Å²) in [4.78, 5) is 11.2. The van der Waals surface area contributed by atoms with Crippen LogP contribution in [0.4, 0.5) is 0 Å². The first-order valence-corrected chi connectivity index (χ1v) is 3.71. The number of carbonyl (C=O) groups is 1. The van der Waals surface area contributed by atoms with Gasteiger partial charge in [0.1, 0.15) is 0 Å². The summed E-state index contributed by atoms with van der Waals surface area (Å²) in [5, 5.41) is 2.80. The van der Waals surface area contributed by atoms with Crippen LogP contribution in [0.2, 0.25) is 0 Å². The summed E-state index contributed by atoms with van der Waals surface area (Å²) in [6.45, 7) is 0.768. The molecule has 0 saturated carbocycles. The summed E-state index contributed by atoms with van der Waals surface area (Å²) in [7, 11) is 1.97. The summed E-state index contributed by atoms with van der Waals surface area (Å²) in [5.41, 5.74) is 1.98. The number of nitrogens with zero attached hydrogens (tertiary/aromatic N) is 1. The Morgan fingerprint density at radius 1 is 1.64 bits per heavy atom. The van der Waals surface area contributed by atoms with E-state index in [9.17, 15) is 4.79 Å². The highest BCUT2D eigenvalue weighted by Crippen LogP contribution is 2.13. The smallest absolute Gasteiger partial charge is 0.253 e. The first kappa shape index (κ1) is 6.46. The van der Waals surface area contributed by atoms with Crippen molar-refractivity contribution in [2.45, 2.75) is 6.42 Å². The number of hydrogen-bond donors (Lipinski definition) is 1. The van der Waals surface area contributed by atoms with E-state index in [2.05, 4.69) is 5.32 Å². The number of fused-ring (bicyclic) bond motifs is 1. The molecular formula is C8H10N2O. The summed E-state index contributed by atoms with van der Waals surface area (Å²) in [6.07, 6.45) is 2.88. The molecule has 1 N–H and O–H groups in total. The van der Waals surface area contributed by atoms with Crippen LogP contribution >= 0.6 is 0 Å². The summed E-state index contributed by atoms with van der Waals surface area (Å²) < 4.78 is 2.01. The molecule has 1 amide bonds. The molecule has 0 saturated heterocycles. The third kappa shape index (κ3) is 0.843. The maximum Gasteiger partial charge on any atom is 0.253 e. The molecule has 0 bridgehead atoms. The van der Waals surface area contributed by atoms with Gasteiger partial charge in [0, 0.05) is 31.9 Å². The Hall–Kier alpha value is -1.25. The zero-order valence-corrected chi connectivity index (χ0v) is 6.42. The van der Waals surface area contributed by atoms with Crippen LogP contribution in [0.1, 0.15) is 16.1 Å². The van der Waals surface area contributed by atoms with E-state index in [4.69, 9.17) is 0 Å². The highest BCUT2D eigenvalue weighted by molar-refractivity contribution is 5.96. The fourth-order valence-electron chi connectivity index (χ4n) is 1.47. The second kappa shape index (κ2) is 2.12.